The zero-order valence-electron chi connectivity index (χ0n) is 11.6. The Bertz CT molecular complexity index is 585. The van der Waals surface area contributed by atoms with Crippen LogP contribution in [0, 0.1) is 10.1 Å². The number of nitro groups is 1. The third-order valence-electron chi connectivity index (χ3n) is 3.86. The molecule has 1 unspecified atom stereocenters. The van der Waals surface area contributed by atoms with Gasteiger partial charge in [-0.25, -0.2) is 0 Å². The van der Waals surface area contributed by atoms with Crippen molar-refractivity contribution < 1.29 is 9.72 Å². The third-order valence-corrected chi connectivity index (χ3v) is 5.26. The highest BCUT2D eigenvalue weighted by molar-refractivity contribution is 8.00. The number of hydrogen-bond donors (Lipinski definition) is 2. The van der Waals surface area contributed by atoms with Gasteiger partial charge >= 0.3 is 0 Å². The maximum atomic E-state index is 11.5. The predicted octanol–water partition coefficient (Wildman–Crippen LogP) is 2.79. The summed E-state index contributed by atoms with van der Waals surface area (Å²) in [6.45, 7) is 0.720. The van der Waals surface area contributed by atoms with E-state index in [1.54, 1.807) is 12.1 Å². The van der Waals surface area contributed by atoms with Crippen LogP contribution in [0.4, 0.5) is 17.1 Å². The number of carbonyl (C=O) groups excluding carboxylic acids is 1. The number of nitrogens with zero attached hydrogens (tertiary/aromatic N) is 1. The Morgan fingerprint density at radius 1 is 1.43 bits per heavy atom. The molecule has 1 atom stereocenters. The van der Waals surface area contributed by atoms with Crippen LogP contribution >= 0.6 is 11.8 Å². The Hall–Kier alpha value is -1.76. The smallest absolute Gasteiger partial charge is 0.292 e. The molecule has 0 bridgehead atoms. The summed E-state index contributed by atoms with van der Waals surface area (Å²) < 4.78 is 0. The van der Waals surface area contributed by atoms with E-state index >= 15 is 0 Å². The summed E-state index contributed by atoms with van der Waals surface area (Å²) in [6, 6.07) is 3.28. The molecule has 1 amide bonds. The van der Waals surface area contributed by atoms with E-state index in [9.17, 15) is 14.9 Å². The highest BCUT2D eigenvalue weighted by Gasteiger charge is 2.23. The summed E-state index contributed by atoms with van der Waals surface area (Å²) in [7, 11) is 0. The SMILES string of the molecule is O=C1CCc2cc([N+](=O)[O-])c(NCC3CCCS3)cc2N1. The average Bonchev–Trinajstić information content (AvgIpc) is 2.97. The molecule has 0 saturated carbocycles. The zero-order valence-corrected chi connectivity index (χ0v) is 12.4. The molecule has 1 aromatic carbocycles. The number of anilines is 2. The number of amides is 1. The second-order valence-corrected chi connectivity index (χ2v) is 6.76. The third kappa shape index (κ3) is 3.12. The Balaban J connectivity index is 1.84. The summed E-state index contributed by atoms with van der Waals surface area (Å²) >= 11 is 1.90. The number of rotatable bonds is 4. The first-order valence-corrected chi connectivity index (χ1v) is 8.15. The Morgan fingerprint density at radius 3 is 3.00 bits per heavy atom. The topological polar surface area (TPSA) is 84.3 Å². The highest BCUT2D eigenvalue weighted by atomic mass is 32.2. The second-order valence-electron chi connectivity index (χ2n) is 5.35. The maximum absolute atomic E-state index is 11.5. The first-order chi connectivity index (χ1) is 10.1. The van der Waals surface area contributed by atoms with Gasteiger partial charge in [-0.05, 0) is 36.6 Å². The van der Waals surface area contributed by atoms with Crippen molar-refractivity contribution in [3.63, 3.8) is 0 Å². The molecular weight excluding hydrogens is 290 g/mol. The van der Waals surface area contributed by atoms with E-state index in [0.29, 0.717) is 29.5 Å². The van der Waals surface area contributed by atoms with Gasteiger partial charge in [0.2, 0.25) is 5.91 Å². The minimum absolute atomic E-state index is 0.0337. The lowest BCUT2D eigenvalue weighted by molar-refractivity contribution is -0.384. The lowest BCUT2D eigenvalue weighted by atomic mass is 10.0. The molecule has 0 spiro atoms. The van der Waals surface area contributed by atoms with Crippen LogP contribution in [0.3, 0.4) is 0 Å². The number of carbonyl (C=O) groups is 1. The zero-order chi connectivity index (χ0) is 14.8. The predicted molar refractivity (Wildman–Crippen MR) is 84.0 cm³/mol. The molecule has 6 nitrogen and oxygen atoms in total. The maximum Gasteiger partial charge on any atom is 0.292 e. The van der Waals surface area contributed by atoms with Crippen molar-refractivity contribution in [2.45, 2.75) is 30.9 Å². The van der Waals surface area contributed by atoms with Crippen LogP contribution in [-0.2, 0) is 11.2 Å². The minimum Gasteiger partial charge on any atom is -0.378 e. The van der Waals surface area contributed by atoms with Gasteiger partial charge in [0.05, 0.1) is 4.92 Å². The van der Waals surface area contributed by atoms with Gasteiger partial charge in [-0.2, -0.15) is 11.8 Å². The molecule has 2 heterocycles. The average molecular weight is 307 g/mol. The molecule has 0 radical (unpaired) electrons. The van der Waals surface area contributed by atoms with E-state index in [2.05, 4.69) is 10.6 Å². The Kier molecular flexibility index (Phi) is 4.01. The van der Waals surface area contributed by atoms with Crippen molar-refractivity contribution in [3.05, 3.63) is 27.8 Å². The number of fused-ring (bicyclic) bond motifs is 1. The molecule has 7 heteroatoms. The van der Waals surface area contributed by atoms with Crippen molar-refractivity contribution in [1.82, 2.24) is 0 Å². The molecule has 3 rings (SSSR count). The van der Waals surface area contributed by atoms with Crippen LogP contribution in [0.15, 0.2) is 12.1 Å². The van der Waals surface area contributed by atoms with Crippen molar-refractivity contribution in [2.75, 3.05) is 22.9 Å². The van der Waals surface area contributed by atoms with Gasteiger partial charge in [0.25, 0.3) is 5.69 Å². The largest absolute Gasteiger partial charge is 0.378 e. The van der Waals surface area contributed by atoms with Crippen LogP contribution in [0.2, 0.25) is 0 Å². The normalized spacial score (nSPS) is 20.8. The van der Waals surface area contributed by atoms with Crippen molar-refractivity contribution in [3.8, 4) is 0 Å². The fraction of sp³-hybridized carbons (Fsp3) is 0.500. The molecule has 1 aromatic rings. The molecule has 0 aromatic heterocycles. The molecule has 112 valence electrons. The van der Waals surface area contributed by atoms with Gasteiger partial charge in [0.1, 0.15) is 5.69 Å². The molecule has 2 aliphatic heterocycles. The van der Waals surface area contributed by atoms with E-state index in [1.165, 1.54) is 6.42 Å². The fourth-order valence-electron chi connectivity index (χ4n) is 2.74. The molecule has 1 fully saturated rings. The van der Waals surface area contributed by atoms with E-state index in [0.717, 1.165) is 24.3 Å². The standard InChI is InChI=1S/C14H17N3O3S/c18-14-4-3-9-6-13(17(19)20)12(7-11(9)16-14)15-8-10-2-1-5-21-10/h6-7,10,15H,1-5,8H2,(H,16,18). The number of hydrogen-bond acceptors (Lipinski definition) is 5. The van der Waals surface area contributed by atoms with Crippen LogP contribution < -0.4 is 10.6 Å². The highest BCUT2D eigenvalue weighted by Crippen LogP contribution is 2.35. The van der Waals surface area contributed by atoms with Crippen molar-refractivity contribution in [2.24, 2.45) is 0 Å². The monoisotopic (exact) mass is 307 g/mol. The summed E-state index contributed by atoms with van der Waals surface area (Å²) in [5.74, 6) is 1.13. The molecule has 2 aliphatic rings. The van der Waals surface area contributed by atoms with Gasteiger partial charge < -0.3 is 10.6 Å². The fourth-order valence-corrected chi connectivity index (χ4v) is 3.94. The number of benzene rings is 1. The van der Waals surface area contributed by atoms with Gasteiger partial charge in [-0.3, -0.25) is 14.9 Å². The number of thioether (sulfide) groups is 1. The van der Waals surface area contributed by atoms with Gasteiger partial charge in [-0.1, -0.05) is 0 Å². The Morgan fingerprint density at radius 2 is 2.29 bits per heavy atom. The van der Waals surface area contributed by atoms with Crippen LogP contribution in [-0.4, -0.2) is 28.4 Å². The van der Waals surface area contributed by atoms with Gasteiger partial charge in [-0.15, -0.1) is 0 Å². The lowest BCUT2D eigenvalue weighted by Gasteiger charge is -2.19. The number of aryl methyl sites for hydroxylation is 1. The van der Waals surface area contributed by atoms with Gasteiger partial charge in [0, 0.05) is 30.0 Å². The number of nitrogens with one attached hydrogen (secondary N) is 2. The van der Waals surface area contributed by atoms with Crippen LogP contribution in [0.1, 0.15) is 24.8 Å². The van der Waals surface area contributed by atoms with Crippen LogP contribution in [0.5, 0.6) is 0 Å². The number of nitro benzene ring substituents is 1. The summed E-state index contributed by atoms with van der Waals surface area (Å²) in [6.07, 6.45) is 3.29. The second kappa shape index (κ2) is 5.93. The lowest BCUT2D eigenvalue weighted by Crippen LogP contribution is -2.20. The molecule has 2 N–H and O–H groups in total. The molecule has 1 saturated heterocycles. The van der Waals surface area contributed by atoms with Crippen LogP contribution in [0.25, 0.3) is 0 Å². The first-order valence-electron chi connectivity index (χ1n) is 7.10. The van der Waals surface area contributed by atoms with E-state index in [4.69, 9.17) is 0 Å². The van der Waals surface area contributed by atoms with E-state index in [-0.39, 0.29) is 16.5 Å². The van der Waals surface area contributed by atoms with Gasteiger partial charge in [0.15, 0.2) is 0 Å². The van der Waals surface area contributed by atoms with E-state index < -0.39 is 0 Å². The quantitative estimate of drug-likeness (QED) is 0.660. The Labute approximate surface area is 126 Å². The summed E-state index contributed by atoms with van der Waals surface area (Å²) in [4.78, 5) is 22.3. The summed E-state index contributed by atoms with van der Waals surface area (Å²) in [5.41, 5.74) is 2.11. The molecule has 0 aliphatic carbocycles. The first kappa shape index (κ1) is 14.2. The van der Waals surface area contributed by atoms with E-state index in [1.807, 2.05) is 11.8 Å². The molecular formula is C14H17N3O3S. The van der Waals surface area contributed by atoms with Crippen molar-refractivity contribution in [1.29, 1.82) is 0 Å². The molecule has 21 heavy (non-hydrogen) atoms. The summed E-state index contributed by atoms with van der Waals surface area (Å²) in [5, 5.41) is 17.7. The minimum atomic E-state index is -0.360. The van der Waals surface area contributed by atoms with Crippen molar-refractivity contribution >= 4 is 34.7 Å².